The number of hydrogen-bond acceptors (Lipinski definition) is 3. The van der Waals surface area contributed by atoms with E-state index in [1.165, 1.54) is 12.1 Å². The molecule has 0 amide bonds. The number of alkyl halides is 3. The quantitative estimate of drug-likeness (QED) is 0.448. The summed E-state index contributed by atoms with van der Waals surface area (Å²) in [4.78, 5) is 0. The lowest BCUT2D eigenvalue weighted by atomic mass is 9.97. The number of fused-ring (bicyclic) bond motifs is 1. The Balaban J connectivity index is 2.26. The summed E-state index contributed by atoms with van der Waals surface area (Å²) in [6.45, 7) is 0. The third-order valence-corrected chi connectivity index (χ3v) is 4.72. The Bertz CT molecular complexity index is 1030. The summed E-state index contributed by atoms with van der Waals surface area (Å²) >= 11 is 5.85. The first kappa shape index (κ1) is 17.6. The van der Waals surface area contributed by atoms with E-state index in [1.54, 1.807) is 48.5 Å². The van der Waals surface area contributed by atoms with Gasteiger partial charge in [0.1, 0.15) is 0 Å². The minimum atomic E-state index is -5.78. The predicted octanol–water partition coefficient (Wildman–Crippen LogP) is 5.39. The summed E-state index contributed by atoms with van der Waals surface area (Å²) in [6, 6.07) is 15.9. The number of hydrogen-bond donors (Lipinski definition) is 0. The van der Waals surface area contributed by atoms with Gasteiger partial charge in [-0.15, -0.1) is 0 Å². The Hall–Kier alpha value is -2.25. The Kier molecular flexibility index (Phi) is 4.38. The number of halogens is 4. The van der Waals surface area contributed by atoms with E-state index in [0.717, 1.165) is 5.39 Å². The fraction of sp³-hybridized carbons (Fsp3) is 0.0588. The van der Waals surface area contributed by atoms with Crippen LogP contribution in [0.3, 0.4) is 0 Å². The summed E-state index contributed by atoms with van der Waals surface area (Å²) in [5.41, 5.74) is -4.80. The molecule has 0 saturated heterocycles. The highest BCUT2D eigenvalue weighted by Crippen LogP contribution is 2.39. The van der Waals surface area contributed by atoms with Gasteiger partial charge in [0.25, 0.3) is 0 Å². The van der Waals surface area contributed by atoms with Gasteiger partial charge in [-0.25, -0.2) is 0 Å². The van der Waals surface area contributed by atoms with Crippen LogP contribution in [0.25, 0.3) is 21.9 Å². The lowest BCUT2D eigenvalue weighted by Gasteiger charge is -2.15. The van der Waals surface area contributed by atoms with Gasteiger partial charge in [-0.2, -0.15) is 21.6 Å². The van der Waals surface area contributed by atoms with E-state index in [4.69, 9.17) is 11.6 Å². The van der Waals surface area contributed by atoms with Crippen molar-refractivity contribution in [3.63, 3.8) is 0 Å². The third kappa shape index (κ3) is 3.43. The molecule has 0 aliphatic carbocycles. The molecule has 0 heterocycles. The molecule has 0 unspecified atom stereocenters. The standard InChI is InChI=1S/C17H10ClF3O3S/c18-13-8-5-12(6-9-13)16-14-4-2-1-3-11(14)7-10-15(16)24-25(22,23)17(19,20)21/h1-10H. The van der Waals surface area contributed by atoms with Gasteiger partial charge in [0.2, 0.25) is 0 Å². The van der Waals surface area contributed by atoms with E-state index >= 15 is 0 Å². The molecule has 0 aliphatic rings. The third-order valence-electron chi connectivity index (χ3n) is 3.51. The highest BCUT2D eigenvalue weighted by Gasteiger charge is 2.48. The van der Waals surface area contributed by atoms with Crippen molar-refractivity contribution in [3.8, 4) is 16.9 Å². The van der Waals surface area contributed by atoms with E-state index < -0.39 is 21.4 Å². The maximum absolute atomic E-state index is 12.7. The van der Waals surface area contributed by atoms with Gasteiger partial charge in [-0.3, -0.25) is 0 Å². The largest absolute Gasteiger partial charge is 0.534 e. The first-order valence-electron chi connectivity index (χ1n) is 6.97. The molecule has 3 aromatic carbocycles. The fourth-order valence-corrected chi connectivity index (χ4v) is 3.00. The topological polar surface area (TPSA) is 43.4 Å². The molecule has 3 aromatic rings. The molecule has 0 saturated carbocycles. The summed E-state index contributed by atoms with van der Waals surface area (Å²) < 4.78 is 65.3. The molecule has 25 heavy (non-hydrogen) atoms. The van der Waals surface area contributed by atoms with Crippen LogP contribution in [0.2, 0.25) is 5.02 Å². The van der Waals surface area contributed by atoms with Crippen molar-refractivity contribution in [2.75, 3.05) is 0 Å². The van der Waals surface area contributed by atoms with Gasteiger partial charge in [-0.1, -0.05) is 54.1 Å². The minimum Gasteiger partial charge on any atom is -0.375 e. The van der Waals surface area contributed by atoms with Gasteiger partial charge in [0.15, 0.2) is 5.75 Å². The highest BCUT2D eigenvalue weighted by atomic mass is 35.5. The van der Waals surface area contributed by atoms with E-state index in [1.807, 2.05) is 0 Å². The van der Waals surface area contributed by atoms with Crippen LogP contribution in [0.4, 0.5) is 13.2 Å². The second kappa shape index (κ2) is 6.24. The SMILES string of the molecule is O=S(=O)(Oc1ccc2ccccc2c1-c1ccc(Cl)cc1)C(F)(F)F. The Morgan fingerprint density at radius 1 is 0.880 bits per heavy atom. The molecule has 0 bridgehead atoms. The summed E-state index contributed by atoms with van der Waals surface area (Å²) in [5.74, 6) is -0.404. The van der Waals surface area contributed by atoms with E-state index in [0.29, 0.717) is 16.0 Å². The molecular formula is C17H10ClF3O3S. The summed E-state index contributed by atoms with van der Waals surface area (Å²) in [7, 11) is -5.78. The van der Waals surface area contributed by atoms with Crippen LogP contribution in [0.1, 0.15) is 0 Å². The molecule has 0 N–H and O–H groups in total. The zero-order valence-electron chi connectivity index (χ0n) is 12.4. The minimum absolute atomic E-state index is 0.239. The Morgan fingerprint density at radius 2 is 1.52 bits per heavy atom. The predicted molar refractivity (Wildman–Crippen MR) is 90.0 cm³/mol. The van der Waals surface area contributed by atoms with E-state index in [2.05, 4.69) is 4.18 Å². The van der Waals surface area contributed by atoms with Crippen LogP contribution in [0.5, 0.6) is 5.75 Å². The van der Waals surface area contributed by atoms with Crippen molar-refractivity contribution >= 4 is 32.5 Å². The molecule has 3 nitrogen and oxygen atoms in total. The number of rotatable bonds is 3. The maximum Gasteiger partial charge on any atom is 0.534 e. The van der Waals surface area contributed by atoms with Crippen LogP contribution in [-0.4, -0.2) is 13.9 Å². The molecule has 0 atom stereocenters. The molecule has 0 spiro atoms. The average Bonchev–Trinajstić information content (AvgIpc) is 2.54. The van der Waals surface area contributed by atoms with Gasteiger partial charge in [-0.05, 0) is 34.5 Å². The van der Waals surface area contributed by atoms with Crippen molar-refractivity contribution in [3.05, 3.63) is 65.7 Å². The van der Waals surface area contributed by atoms with Gasteiger partial charge in [0.05, 0.1) is 0 Å². The Labute approximate surface area is 146 Å². The van der Waals surface area contributed by atoms with Crippen LogP contribution in [-0.2, 0) is 10.1 Å². The highest BCUT2D eigenvalue weighted by molar-refractivity contribution is 7.88. The van der Waals surface area contributed by atoms with Crippen molar-refractivity contribution in [2.24, 2.45) is 0 Å². The maximum atomic E-state index is 12.7. The van der Waals surface area contributed by atoms with Gasteiger partial charge in [0, 0.05) is 10.6 Å². The first-order valence-corrected chi connectivity index (χ1v) is 8.76. The fourth-order valence-electron chi connectivity index (χ4n) is 2.40. The average molecular weight is 387 g/mol. The van der Waals surface area contributed by atoms with Crippen molar-refractivity contribution in [1.29, 1.82) is 0 Å². The molecule has 0 fully saturated rings. The molecule has 0 aromatic heterocycles. The molecule has 0 radical (unpaired) electrons. The van der Waals surface area contributed by atoms with Gasteiger partial charge < -0.3 is 4.18 Å². The van der Waals surface area contributed by atoms with E-state index in [-0.39, 0.29) is 5.56 Å². The number of benzene rings is 3. The first-order chi connectivity index (χ1) is 11.7. The molecule has 8 heteroatoms. The van der Waals surface area contributed by atoms with E-state index in [9.17, 15) is 21.6 Å². The lowest BCUT2D eigenvalue weighted by molar-refractivity contribution is -0.0499. The van der Waals surface area contributed by atoms with Crippen molar-refractivity contribution in [2.45, 2.75) is 5.51 Å². The second-order valence-corrected chi connectivity index (χ2v) is 7.12. The van der Waals surface area contributed by atoms with Gasteiger partial charge >= 0.3 is 15.6 Å². The zero-order chi connectivity index (χ0) is 18.2. The lowest BCUT2D eigenvalue weighted by Crippen LogP contribution is -2.28. The van der Waals surface area contributed by atoms with Crippen LogP contribution < -0.4 is 4.18 Å². The smallest absolute Gasteiger partial charge is 0.375 e. The molecule has 130 valence electrons. The molecule has 0 aliphatic heterocycles. The van der Waals surface area contributed by atoms with Crippen molar-refractivity contribution in [1.82, 2.24) is 0 Å². The molecular weight excluding hydrogens is 377 g/mol. The Morgan fingerprint density at radius 3 is 2.16 bits per heavy atom. The van der Waals surface area contributed by atoms with Crippen LogP contribution in [0, 0.1) is 0 Å². The van der Waals surface area contributed by atoms with Crippen LogP contribution in [0.15, 0.2) is 60.7 Å². The summed E-state index contributed by atoms with van der Waals surface area (Å²) in [5, 5.41) is 1.72. The second-order valence-electron chi connectivity index (χ2n) is 5.15. The molecule has 3 rings (SSSR count). The van der Waals surface area contributed by atoms with Crippen molar-refractivity contribution < 1.29 is 25.8 Å². The summed E-state index contributed by atoms with van der Waals surface area (Å²) in [6.07, 6.45) is 0. The normalized spacial score (nSPS) is 12.3. The monoisotopic (exact) mass is 386 g/mol. The van der Waals surface area contributed by atoms with Crippen LogP contribution >= 0.6 is 11.6 Å². The zero-order valence-corrected chi connectivity index (χ0v) is 14.0.